The molecule has 0 spiro atoms. The van der Waals surface area contributed by atoms with Crippen LogP contribution in [0.5, 0.6) is 0 Å². The van der Waals surface area contributed by atoms with Crippen molar-refractivity contribution in [3.8, 4) is 6.07 Å². The lowest BCUT2D eigenvalue weighted by molar-refractivity contribution is 0.339. The van der Waals surface area contributed by atoms with Gasteiger partial charge in [0.05, 0.1) is 6.07 Å². The lowest BCUT2D eigenvalue weighted by Gasteiger charge is -2.00. The molecular formula is C11H12N2O3S. The molecule has 1 aromatic carbocycles. The topological polar surface area (TPSA) is 79.5 Å². The highest BCUT2D eigenvalue weighted by Crippen LogP contribution is 2.11. The average molecular weight is 252 g/mol. The second kappa shape index (κ2) is 6.01. The monoisotopic (exact) mass is 252 g/mol. The van der Waals surface area contributed by atoms with Crippen LogP contribution in [0.15, 0.2) is 40.4 Å². The zero-order valence-electron chi connectivity index (χ0n) is 9.28. The summed E-state index contributed by atoms with van der Waals surface area (Å²) in [7, 11) is -3.85. The largest absolute Gasteiger partial charge is 0.358 e. The number of rotatable bonds is 5. The second-order valence-electron chi connectivity index (χ2n) is 3.40. The van der Waals surface area contributed by atoms with Crippen LogP contribution < -0.4 is 0 Å². The van der Waals surface area contributed by atoms with Crippen molar-refractivity contribution in [1.29, 1.82) is 5.26 Å². The quantitative estimate of drug-likeness (QED) is 0.592. The standard InChI is InChI=1S/C11H12N2O3S/c1-10(9-12)7-8-13-16-17(14,15)11-5-3-2-4-6-11/h2-6,8,10H,7H2,1H3. The van der Waals surface area contributed by atoms with Gasteiger partial charge in [0.25, 0.3) is 0 Å². The van der Waals surface area contributed by atoms with Crippen molar-refractivity contribution < 1.29 is 12.7 Å². The van der Waals surface area contributed by atoms with Gasteiger partial charge in [-0.1, -0.05) is 23.4 Å². The third-order valence-electron chi connectivity index (χ3n) is 1.93. The third-order valence-corrected chi connectivity index (χ3v) is 3.06. The number of oxime groups is 1. The molecule has 0 fully saturated rings. The van der Waals surface area contributed by atoms with Gasteiger partial charge in [-0.2, -0.15) is 13.7 Å². The van der Waals surface area contributed by atoms with Crippen molar-refractivity contribution in [2.24, 2.45) is 11.1 Å². The molecule has 1 atom stereocenters. The highest BCUT2D eigenvalue weighted by molar-refractivity contribution is 7.86. The molecule has 6 heteroatoms. The SMILES string of the molecule is CC(C#N)CC=NOS(=O)(=O)c1ccccc1. The van der Waals surface area contributed by atoms with Crippen LogP contribution in [0.4, 0.5) is 0 Å². The zero-order chi connectivity index (χ0) is 12.7. The minimum Gasteiger partial charge on any atom is -0.265 e. The first kappa shape index (κ1) is 13.2. The summed E-state index contributed by atoms with van der Waals surface area (Å²) in [5.74, 6) is -0.221. The lowest BCUT2D eigenvalue weighted by Crippen LogP contribution is -2.02. The number of hydrogen-bond acceptors (Lipinski definition) is 5. The van der Waals surface area contributed by atoms with Crippen LogP contribution >= 0.6 is 0 Å². The van der Waals surface area contributed by atoms with E-state index in [0.717, 1.165) is 0 Å². The molecule has 1 rings (SSSR count). The molecule has 0 amide bonds. The molecule has 0 bridgehead atoms. The summed E-state index contributed by atoms with van der Waals surface area (Å²) in [6.07, 6.45) is 1.62. The van der Waals surface area contributed by atoms with E-state index < -0.39 is 10.1 Å². The van der Waals surface area contributed by atoms with Crippen molar-refractivity contribution in [3.05, 3.63) is 30.3 Å². The van der Waals surface area contributed by atoms with Crippen molar-refractivity contribution in [2.45, 2.75) is 18.2 Å². The summed E-state index contributed by atoms with van der Waals surface area (Å²) in [6, 6.07) is 9.73. The first-order chi connectivity index (χ1) is 8.06. The maximum Gasteiger partial charge on any atom is 0.358 e. The Hall–Kier alpha value is -1.87. The second-order valence-corrected chi connectivity index (χ2v) is 4.92. The Balaban J connectivity index is 2.61. The Morgan fingerprint density at radius 1 is 1.47 bits per heavy atom. The van der Waals surface area contributed by atoms with E-state index in [1.807, 2.05) is 6.07 Å². The Labute approximate surface area is 100 Å². The van der Waals surface area contributed by atoms with Crippen molar-refractivity contribution >= 4 is 16.3 Å². The molecule has 1 aromatic rings. The molecule has 17 heavy (non-hydrogen) atoms. The van der Waals surface area contributed by atoms with Crippen LogP contribution in [-0.4, -0.2) is 14.6 Å². The van der Waals surface area contributed by atoms with E-state index >= 15 is 0 Å². The van der Waals surface area contributed by atoms with Crippen molar-refractivity contribution in [1.82, 2.24) is 0 Å². The van der Waals surface area contributed by atoms with E-state index in [9.17, 15) is 8.42 Å². The van der Waals surface area contributed by atoms with Crippen molar-refractivity contribution in [3.63, 3.8) is 0 Å². The molecule has 0 aliphatic heterocycles. The Bertz CT molecular complexity index is 517. The van der Waals surface area contributed by atoms with E-state index in [-0.39, 0.29) is 10.8 Å². The van der Waals surface area contributed by atoms with E-state index in [4.69, 9.17) is 5.26 Å². The molecule has 0 heterocycles. The Morgan fingerprint density at radius 3 is 2.71 bits per heavy atom. The molecule has 0 radical (unpaired) electrons. The van der Waals surface area contributed by atoms with E-state index in [2.05, 4.69) is 9.44 Å². The van der Waals surface area contributed by atoms with Gasteiger partial charge in [0.15, 0.2) is 0 Å². The van der Waals surface area contributed by atoms with Gasteiger partial charge in [-0.15, -0.1) is 0 Å². The Kier molecular flexibility index (Phi) is 4.67. The predicted octanol–water partition coefficient (Wildman–Crippen LogP) is 1.93. The van der Waals surface area contributed by atoms with Gasteiger partial charge in [-0.25, -0.2) is 0 Å². The summed E-state index contributed by atoms with van der Waals surface area (Å²) in [5, 5.41) is 11.8. The minimum atomic E-state index is -3.85. The fraction of sp³-hybridized carbons (Fsp3) is 0.273. The first-order valence-corrected chi connectivity index (χ1v) is 6.37. The molecule has 0 saturated carbocycles. The maximum atomic E-state index is 11.5. The van der Waals surface area contributed by atoms with Crippen LogP contribution in [-0.2, 0) is 14.4 Å². The number of nitrogens with zero attached hydrogens (tertiary/aromatic N) is 2. The molecule has 1 unspecified atom stereocenters. The average Bonchev–Trinajstić information content (AvgIpc) is 2.35. The smallest absolute Gasteiger partial charge is 0.265 e. The molecule has 0 saturated heterocycles. The van der Waals surface area contributed by atoms with Gasteiger partial charge in [0.1, 0.15) is 4.90 Å². The molecule has 0 N–H and O–H groups in total. The number of benzene rings is 1. The van der Waals surface area contributed by atoms with Gasteiger partial charge < -0.3 is 0 Å². The molecule has 90 valence electrons. The van der Waals surface area contributed by atoms with E-state index in [1.165, 1.54) is 18.3 Å². The van der Waals surface area contributed by atoms with Gasteiger partial charge in [0.2, 0.25) is 0 Å². The zero-order valence-corrected chi connectivity index (χ0v) is 10.1. The fourth-order valence-electron chi connectivity index (χ4n) is 0.971. The normalized spacial score (nSPS) is 13.2. The minimum absolute atomic E-state index is 0.0467. The van der Waals surface area contributed by atoms with Gasteiger partial charge >= 0.3 is 10.1 Å². The summed E-state index contributed by atoms with van der Waals surface area (Å²) in [6.45, 7) is 1.71. The highest BCUT2D eigenvalue weighted by atomic mass is 32.2. The molecule has 0 aromatic heterocycles. The third kappa shape index (κ3) is 4.25. The first-order valence-electron chi connectivity index (χ1n) is 4.96. The number of hydrogen-bond donors (Lipinski definition) is 0. The number of nitriles is 1. The van der Waals surface area contributed by atoms with E-state index in [1.54, 1.807) is 25.1 Å². The van der Waals surface area contributed by atoms with Crippen LogP contribution in [0, 0.1) is 17.2 Å². The molecular weight excluding hydrogens is 240 g/mol. The van der Waals surface area contributed by atoms with Crippen LogP contribution in [0.2, 0.25) is 0 Å². The van der Waals surface area contributed by atoms with Gasteiger partial charge in [0, 0.05) is 18.6 Å². The van der Waals surface area contributed by atoms with Crippen LogP contribution in [0.1, 0.15) is 13.3 Å². The molecule has 0 aliphatic carbocycles. The Morgan fingerprint density at radius 2 is 2.12 bits per heavy atom. The summed E-state index contributed by atoms with van der Waals surface area (Å²) < 4.78 is 27.5. The van der Waals surface area contributed by atoms with Crippen LogP contribution in [0.3, 0.4) is 0 Å². The molecule has 0 aliphatic rings. The lowest BCUT2D eigenvalue weighted by atomic mass is 10.1. The maximum absolute atomic E-state index is 11.5. The van der Waals surface area contributed by atoms with E-state index in [0.29, 0.717) is 6.42 Å². The fourth-order valence-corrected chi connectivity index (χ4v) is 1.72. The van der Waals surface area contributed by atoms with Gasteiger partial charge in [-0.05, 0) is 19.1 Å². The summed E-state index contributed by atoms with van der Waals surface area (Å²) in [5.41, 5.74) is 0. The molecule has 5 nitrogen and oxygen atoms in total. The summed E-state index contributed by atoms with van der Waals surface area (Å²) in [4.78, 5) is 0.0467. The highest BCUT2D eigenvalue weighted by Gasteiger charge is 2.14. The van der Waals surface area contributed by atoms with Gasteiger partial charge in [-0.3, -0.25) is 4.28 Å². The summed E-state index contributed by atoms with van der Waals surface area (Å²) >= 11 is 0. The van der Waals surface area contributed by atoms with Crippen LogP contribution in [0.25, 0.3) is 0 Å². The van der Waals surface area contributed by atoms with Crippen molar-refractivity contribution in [2.75, 3.05) is 0 Å². The predicted molar refractivity (Wildman–Crippen MR) is 62.6 cm³/mol.